The van der Waals surface area contributed by atoms with Crippen molar-refractivity contribution in [3.8, 4) is 17.0 Å². The number of rotatable bonds is 2. The summed E-state index contributed by atoms with van der Waals surface area (Å²) in [5.41, 5.74) is 6.26. The van der Waals surface area contributed by atoms with Crippen LogP contribution in [0.2, 0.25) is 0 Å². The lowest BCUT2D eigenvalue weighted by molar-refractivity contribution is 0.313. The number of hydrogen-bond donors (Lipinski definition) is 0. The van der Waals surface area contributed by atoms with E-state index in [4.69, 9.17) is 9.72 Å². The lowest BCUT2D eigenvalue weighted by Crippen LogP contribution is -2.02. The Morgan fingerprint density at radius 1 is 0.952 bits per heavy atom. The van der Waals surface area contributed by atoms with Crippen LogP contribution in [-0.2, 0) is 6.42 Å². The largest absolute Gasteiger partial charge is 0.477 e. The third-order valence-electron chi connectivity index (χ3n) is 4.17. The molecule has 0 saturated heterocycles. The number of benzene rings is 1. The van der Waals surface area contributed by atoms with Gasteiger partial charge in [-0.1, -0.05) is 45.9 Å². The Bertz CT molecular complexity index is 601. The maximum atomic E-state index is 5.91. The molecule has 2 nitrogen and oxygen atoms in total. The number of pyridine rings is 1. The van der Waals surface area contributed by atoms with Gasteiger partial charge in [0.2, 0.25) is 5.88 Å². The summed E-state index contributed by atoms with van der Waals surface area (Å²) in [6.45, 7) is 9.50. The molecule has 0 spiro atoms. The minimum absolute atomic E-state index is 0.421. The summed E-state index contributed by atoms with van der Waals surface area (Å²) in [7, 11) is 0. The normalized spacial score (nSPS) is 13.6. The van der Waals surface area contributed by atoms with Gasteiger partial charge in [-0.15, -0.1) is 0 Å². The van der Waals surface area contributed by atoms with Gasteiger partial charge >= 0.3 is 0 Å². The third kappa shape index (κ3) is 2.67. The van der Waals surface area contributed by atoms with Crippen LogP contribution in [0.3, 0.4) is 0 Å². The zero-order valence-corrected chi connectivity index (χ0v) is 13.3. The summed E-state index contributed by atoms with van der Waals surface area (Å²) in [5.74, 6) is 1.77. The maximum absolute atomic E-state index is 5.91. The fourth-order valence-corrected chi connectivity index (χ4v) is 2.79. The first-order valence-electron chi connectivity index (χ1n) is 7.83. The van der Waals surface area contributed by atoms with Crippen LogP contribution < -0.4 is 4.74 Å². The lowest BCUT2D eigenvalue weighted by atomic mass is 9.93. The van der Waals surface area contributed by atoms with Gasteiger partial charge in [0.05, 0.1) is 6.61 Å². The first kappa shape index (κ1) is 14.1. The van der Waals surface area contributed by atoms with Crippen molar-refractivity contribution in [3.05, 3.63) is 47.2 Å². The molecule has 0 atom stereocenters. The fourth-order valence-electron chi connectivity index (χ4n) is 2.79. The Labute approximate surface area is 127 Å². The zero-order chi connectivity index (χ0) is 15.0. The van der Waals surface area contributed by atoms with Gasteiger partial charge in [-0.05, 0) is 40.7 Å². The zero-order valence-electron chi connectivity index (χ0n) is 13.3. The second-order valence-corrected chi connectivity index (χ2v) is 6.41. The summed E-state index contributed by atoms with van der Waals surface area (Å²) in [5, 5.41) is 0. The molecule has 0 amide bonds. The van der Waals surface area contributed by atoms with Gasteiger partial charge in [-0.2, -0.15) is 0 Å². The standard InChI is InChI=1S/C19H23NO/c1-12(2)14-5-6-16-15(11-14)9-10-21-19-17(16)7-8-18(20-19)13(3)4/h5-8,11-13H,9-10H2,1-4H3. The average molecular weight is 281 g/mol. The summed E-state index contributed by atoms with van der Waals surface area (Å²) in [4.78, 5) is 4.71. The first-order chi connectivity index (χ1) is 10.1. The molecule has 0 fully saturated rings. The Hall–Kier alpha value is -1.83. The third-order valence-corrected chi connectivity index (χ3v) is 4.17. The van der Waals surface area contributed by atoms with Crippen LogP contribution in [-0.4, -0.2) is 11.6 Å². The Morgan fingerprint density at radius 3 is 2.43 bits per heavy atom. The van der Waals surface area contributed by atoms with Crippen molar-refractivity contribution in [1.29, 1.82) is 0 Å². The highest BCUT2D eigenvalue weighted by Gasteiger charge is 2.18. The molecule has 0 unspecified atom stereocenters. The number of fused-ring (bicyclic) bond motifs is 3. The van der Waals surface area contributed by atoms with E-state index in [0.29, 0.717) is 18.4 Å². The van der Waals surface area contributed by atoms with Gasteiger partial charge < -0.3 is 4.74 Å². The van der Waals surface area contributed by atoms with E-state index in [1.807, 2.05) is 0 Å². The summed E-state index contributed by atoms with van der Waals surface area (Å²) < 4.78 is 5.91. The van der Waals surface area contributed by atoms with E-state index in [-0.39, 0.29) is 0 Å². The number of hydrogen-bond acceptors (Lipinski definition) is 2. The van der Waals surface area contributed by atoms with E-state index in [1.54, 1.807) is 0 Å². The van der Waals surface area contributed by atoms with Crippen LogP contribution in [0.15, 0.2) is 30.3 Å². The summed E-state index contributed by atoms with van der Waals surface area (Å²) >= 11 is 0. The smallest absolute Gasteiger partial charge is 0.221 e. The highest BCUT2D eigenvalue weighted by molar-refractivity contribution is 5.73. The molecule has 2 heteroatoms. The van der Waals surface area contributed by atoms with Gasteiger partial charge in [0.15, 0.2) is 0 Å². The second kappa shape index (κ2) is 5.51. The predicted molar refractivity (Wildman–Crippen MR) is 87.1 cm³/mol. The SMILES string of the molecule is CC(C)c1ccc2c(c1)CCOc1nc(C(C)C)ccc1-2. The molecule has 0 radical (unpaired) electrons. The van der Waals surface area contributed by atoms with Crippen molar-refractivity contribution in [2.24, 2.45) is 0 Å². The van der Waals surface area contributed by atoms with E-state index in [0.717, 1.165) is 23.6 Å². The van der Waals surface area contributed by atoms with Crippen molar-refractivity contribution >= 4 is 0 Å². The van der Waals surface area contributed by atoms with Crippen LogP contribution >= 0.6 is 0 Å². The minimum Gasteiger partial charge on any atom is -0.477 e. The Balaban J connectivity index is 2.11. The van der Waals surface area contributed by atoms with Crippen molar-refractivity contribution in [2.75, 3.05) is 6.61 Å². The van der Waals surface area contributed by atoms with Gasteiger partial charge in [0, 0.05) is 17.7 Å². The van der Waals surface area contributed by atoms with Crippen molar-refractivity contribution in [1.82, 2.24) is 4.98 Å². The second-order valence-electron chi connectivity index (χ2n) is 6.41. The summed E-state index contributed by atoms with van der Waals surface area (Å²) in [6, 6.07) is 11.1. The van der Waals surface area contributed by atoms with Crippen LogP contribution in [0.1, 0.15) is 56.4 Å². The van der Waals surface area contributed by atoms with Crippen LogP contribution in [0.25, 0.3) is 11.1 Å². The molecule has 1 aliphatic rings. The van der Waals surface area contributed by atoms with Crippen LogP contribution in [0, 0.1) is 0 Å². The number of aromatic nitrogens is 1. The van der Waals surface area contributed by atoms with E-state index in [2.05, 4.69) is 58.0 Å². The Morgan fingerprint density at radius 2 is 1.71 bits per heavy atom. The molecule has 2 aromatic rings. The predicted octanol–water partition coefficient (Wildman–Crippen LogP) is 4.93. The molecule has 1 aromatic carbocycles. The highest BCUT2D eigenvalue weighted by Crippen LogP contribution is 2.36. The molecule has 2 heterocycles. The molecule has 1 aromatic heterocycles. The molecular weight excluding hydrogens is 258 g/mol. The van der Waals surface area contributed by atoms with Gasteiger partial charge in [0.1, 0.15) is 0 Å². The first-order valence-corrected chi connectivity index (χ1v) is 7.83. The van der Waals surface area contributed by atoms with Gasteiger partial charge in [-0.3, -0.25) is 0 Å². The van der Waals surface area contributed by atoms with Crippen LogP contribution in [0.4, 0.5) is 0 Å². The highest BCUT2D eigenvalue weighted by atomic mass is 16.5. The Kier molecular flexibility index (Phi) is 3.71. The monoisotopic (exact) mass is 281 g/mol. The molecule has 0 aliphatic carbocycles. The number of ether oxygens (including phenoxy) is 1. The van der Waals surface area contributed by atoms with Crippen molar-refractivity contribution < 1.29 is 4.74 Å². The van der Waals surface area contributed by atoms with E-state index >= 15 is 0 Å². The lowest BCUT2D eigenvalue weighted by Gasteiger charge is -2.13. The van der Waals surface area contributed by atoms with Crippen molar-refractivity contribution in [2.45, 2.75) is 46.0 Å². The van der Waals surface area contributed by atoms with E-state index in [9.17, 15) is 0 Å². The fraction of sp³-hybridized carbons (Fsp3) is 0.421. The van der Waals surface area contributed by atoms with Gasteiger partial charge in [0.25, 0.3) is 0 Å². The van der Waals surface area contributed by atoms with Gasteiger partial charge in [-0.25, -0.2) is 4.98 Å². The molecule has 110 valence electrons. The van der Waals surface area contributed by atoms with Crippen molar-refractivity contribution in [3.63, 3.8) is 0 Å². The van der Waals surface area contributed by atoms with Crippen LogP contribution in [0.5, 0.6) is 5.88 Å². The molecule has 1 aliphatic heterocycles. The quantitative estimate of drug-likeness (QED) is 0.778. The van der Waals surface area contributed by atoms with E-state index < -0.39 is 0 Å². The minimum atomic E-state index is 0.421. The molecule has 0 N–H and O–H groups in total. The molecule has 0 saturated carbocycles. The molecule has 3 rings (SSSR count). The molecule has 21 heavy (non-hydrogen) atoms. The van der Waals surface area contributed by atoms with E-state index in [1.165, 1.54) is 16.7 Å². The number of nitrogens with zero attached hydrogens (tertiary/aromatic N) is 1. The summed E-state index contributed by atoms with van der Waals surface area (Å²) in [6.07, 6.45) is 0.948. The topological polar surface area (TPSA) is 22.1 Å². The molecule has 0 bridgehead atoms. The average Bonchev–Trinajstić information content (AvgIpc) is 2.64. The maximum Gasteiger partial charge on any atom is 0.221 e. The molecular formula is C19H23NO.